The van der Waals surface area contributed by atoms with Gasteiger partial charge in [0.25, 0.3) is 0 Å². The van der Waals surface area contributed by atoms with Crippen molar-refractivity contribution in [2.45, 2.75) is 18.2 Å². The van der Waals surface area contributed by atoms with Crippen LogP contribution in [0.25, 0.3) is 0 Å². The van der Waals surface area contributed by atoms with Crippen molar-refractivity contribution in [1.82, 2.24) is 4.90 Å². The van der Waals surface area contributed by atoms with Gasteiger partial charge in [-0.15, -0.1) is 0 Å². The van der Waals surface area contributed by atoms with E-state index in [9.17, 15) is 14.0 Å². The fourth-order valence-corrected chi connectivity index (χ4v) is 4.78. The van der Waals surface area contributed by atoms with Crippen LogP contribution in [-0.4, -0.2) is 41.4 Å². The van der Waals surface area contributed by atoms with E-state index in [1.165, 1.54) is 30.2 Å². The van der Waals surface area contributed by atoms with Gasteiger partial charge >= 0.3 is 0 Å². The molecule has 0 aliphatic carbocycles. The predicted molar refractivity (Wildman–Crippen MR) is 140 cm³/mol. The Bertz CT molecular complexity index is 1300. The monoisotopic (exact) mass is 527 g/mol. The standard InChI is InChI=1S/C26H23ClFN3O4S/c1-34-21-12-7-16(13-22(21)35-2)15-31-24(32)14-23(25(33)30-20-6-4-3-5-19(20)28)36-26(31)29-18-10-8-17(27)9-11-18/h3-13,23H,14-15H2,1-2H3,(H,30,33). The van der Waals surface area contributed by atoms with Crippen molar-refractivity contribution in [1.29, 1.82) is 0 Å². The van der Waals surface area contributed by atoms with Crippen LogP contribution < -0.4 is 14.8 Å². The normalized spacial score (nSPS) is 16.7. The first-order chi connectivity index (χ1) is 17.4. The van der Waals surface area contributed by atoms with E-state index in [1.807, 2.05) is 6.07 Å². The highest BCUT2D eigenvalue weighted by Gasteiger charge is 2.36. The summed E-state index contributed by atoms with van der Waals surface area (Å²) < 4.78 is 24.7. The van der Waals surface area contributed by atoms with Gasteiger partial charge in [-0.1, -0.05) is 41.6 Å². The molecule has 3 aromatic carbocycles. The number of hydrogen-bond donors (Lipinski definition) is 1. The van der Waals surface area contributed by atoms with Gasteiger partial charge in [-0.25, -0.2) is 9.38 Å². The highest BCUT2D eigenvalue weighted by atomic mass is 35.5. The first kappa shape index (κ1) is 25.5. The van der Waals surface area contributed by atoms with Crippen molar-refractivity contribution in [3.05, 3.63) is 83.1 Å². The second-order valence-electron chi connectivity index (χ2n) is 7.82. The van der Waals surface area contributed by atoms with E-state index >= 15 is 0 Å². The molecule has 1 saturated heterocycles. The molecule has 7 nitrogen and oxygen atoms in total. The maximum atomic E-state index is 14.1. The van der Waals surface area contributed by atoms with Gasteiger partial charge in [0.15, 0.2) is 16.7 Å². The van der Waals surface area contributed by atoms with Crippen molar-refractivity contribution in [3.63, 3.8) is 0 Å². The van der Waals surface area contributed by atoms with Gasteiger partial charge in [-0.05, 0) is 54.1 Å². The summed E-state index contributed by atoms with van der Waals surface area (Å²) >= 11 is 7.14. The lowest BCUT2D eigenvalue weighted by Crippen LogP contribution is -2.44. The number of benzene rings is 3. The Morgan fingerprint density at radius 3 is 2.53 bits per heavy atom. The number of carbonyl (C=O) groups is 2. The largest absolute Gasteiger partial charge is 0.493 e. The average Bonchev–Trinajstić information content (AvgIpc) is 2.88. The minimum atomic E-state index is -0.787. The number of nitrogens with one attached hydrogen (secondary N) is 1. The molecule has 1 fully saturated rings. The lowest BCUT2D eigenvalue weighted by atomic mass is 10.1. The quantitative estimate of drug-likeness (QED) is 0.429. The third-order valence-electron chi connectivity index (χ3n) is 5.40. The summed E-state index contributed by atoms with van der Waals surface area (Å²) in [5.41, 5.74) is 1.42. The Hall–Kier alpha value is -3.56. The number of thioether (sulfide) groups is 1. The van der Waals surface area contributed by atoms with Gasteiger partial charge in [-0.3, -0.25) is 14.5 Å². The number of hydrogen-bond acceptors (Lipinski definition) is 6. The third kappa shape index (κ3) is 5.98. The molecule has 10 heteroatoms. The first-order valence-corrected chi connectivity index (χ1v) is 12.2. The summed E-state index contributed by atoms with van der Waals surface area (Å²) in [7, 11) is 3.08. The van der Waals surface area contributed by atoms with E-state index in [0.29, 0.717) is 27.4 Å². The number of carbonyl (C=O) groups excluding carboxylic acids is 2. The van der Waals surface area contributed by atoms with E-state index in [4.69, 9.17) is 21.1 Å². The Morgan fingerprint density at radius 1 is 1.11 bits per heavy atom. The fraction of sp³-hybridized carbons (Fsp3) is 0.192. The van der Waals surface area contributed by atoms with E-state index in [0.717, 1.165) is 17.3 Å². The van der Waals surface area contributed by atoms with Gasteiger partial charge in [0.2, 0.25) is 11.8 Å². The molecule has 0 saturated carbocycles. The SMILES string of the molecule is COc1ccc(CN2C(=O)CC(C(=O)Nc3ccccc3F)SC2=Nc2ccc(Cl)cc2)cc1OC. The number of ether oxygens (including phenoxy) is 2. The molecule has 36 heavy (non-hydrogen) atoms. The number of amidine groups is 1. The lowest BCUT2D eigenvalue weighted by Gasteiger charge is -2.32. The van der Waals surface area contributed by atoms with Crippen molar-refractivity contribution in [3.8, 4) is 11.5 Å². The van der Waals surface area contributed by atoms with E-state index < -0.39 is 17.0 Å². The summed E-state index contributed by atoms with van der Waals surface area (Å²) in [5, 5.41) is 2.69. The molecule has 1 atom stereocenters. The Morgan fingerprint density at radius 2 is 1.83 bits per heavy atom. The number of aliphatic imine (C=N–C) groups is 1. The molecule has 0 spiro atoms. The molecule has 4 rings (SSSR count). The molecule has 186 valence electrons. The van der Waals surface area contributed by atoms with E-state index in [-0.39, 0.29) is 24.6 Å². The minimum Gasteiger partial charge on any atom is -0.493 e. The molecule has 0 bridgehead atoms. The number of halogens is 2. The summed E-state index contributed by atoms with van der Waals surface area (Å²) in [6, 6.07) is 18.1. The smallest absolute Gasteiger partial charge is 0.238 e. The Balaban J connectivity index is 1.62. The molecule has 2 amide bonds. The van der Waals surface area contributed by atoms with Crippen LogP contribution in [0.1, 0.15) is 12.0 Å². The molecular formula is C26H23ClFN3O4S. The first-order valence-electron chi connectivity index (χ1n) is 11.0. The molecule has 1 N–H and O–H groups in total. The van der Waals surface area contributed by atoms with Crippen molar-refractivity contribution in [2.75, 3.05) is 19.5 Å². The second kappa shape index (κ2) is 11.5. The highest BCUT2D eigenvalue weighted by Crippen LogP contribution is 2.33. The molecule has 0 radical (unpaired) electrons. The molecular weight excluding hydrogens is 505 g/mol. The van der Waals surface area contributed by atoms with Crippen LogP contribution in [0.3, 0.4) is 0 Å². The van der Waals surface area contributed by atoms with Crippen LogP contribution >= 0.6 is 23.4 Å². The van der Waals surface area contributed by atoms with Crippen molar-refractivity contribution < 1.29 is 23.5 Å². The van der Waals surface area contributed by atoms with Gasteiger partial charge in [0.05, 0.1) is 32.1 Å². The number of amides is 2. The topological polar surface area (TPSA) is 80.2 Å². The molecule has 3 aromatic rings. The summed E-state index contributed by atoms with van der Waals surface area (Å²) in [6.07, 6.45) is -0.0715. The number of methoxy groups -OCH3 is 2. The zero-order chi connectivity index (χ0) is 25.7. The van der Waals surface area contributed by atoms with Crippen LogP contribution in [0.15, 0.2) is 71.7 Å². The maximum absolute atomic E-state index is 14.1. The molecule has 1 aliphatic rings. The van der Waals surface area contributed by atoms with E-state index in [1.54, 1.807) is 49.6 Å². The maximum Gasteiger partial charge on any atom is 0.238 e. The molecule has 1 aliphatic heterocycles. The Labute approximate surface area is 217 Å². The van der Waals surface area contributed by atoms with Crippen LogP contribution in [-0.2, 0) is 16.1 Å². The fourth-order valence-electron chi connectivity index (χ4n) is 3.56. The van der Waals surface area contributed by atoms with Gasteiger partial charge in [-0.2, -0.15) is 0 Å². The van der Waals surface area contributed by atoms with Crippen LogP contribution in [0.2, 0.25) is 5.02 Å². The Kier molecular flexibility index (Phi) is 8.12. The molecule has 0 aromatic heterocycles. The number of nitrogens with zero attached hydrogens (tertiary/aromatic N) is 2. The summed E-state index contributed by atoms with van der Waals surface area (Å²) in [6.45, 7) is 0.209. The molecule has 1 heterocycles. The zero-order valence-electron chi connectivity index (χ0n) is 19.5. The molecule has 1 unspecified atom stereocenters. The highest BCUT2D eigenvalue weighted by molar-refractivity contribution is 8.15. The van der Waals surface area contributed by atoms with Crippen molar-refractivity contribution in [2.24, 2.45) is 4.99 Å². The van der Waals surface area contributed by atoms with Gasteiger partial charge in [0.1, 0.15) is 11.1 Å². The number of anilines is 1. The van der Waals surface area contributed by atoms with E-state index in [2.05, 4.69) is 10.3 Å². The van der Waals surface area contributed by atoms with Crippen LogP contribution in [0.5, 0.6) is 11.5 Å². The minimum absolute atomic E-state index is 0.0551. The van der Waals surface area contributed by atoms with Gasteiger partial charge in [0, 0.05) is 11.4 Å². The van der Waals surface area contributed by atoms with Gasteiger partial charge < -0.3 is 14.8 Å². The average molecular weight is 528 g/mol. The van der Waals surface area contributed by atoms with Crippen LogP contribution in [0, 0.1) is 5.82 Å². The van der Waals surface area contributed by atoms with Crippen LogP contribution in [0.4, 0.5) is 15.8 Å². The zero-order valence-corrected chi connectivity index (χ0v) is 21.1. The third-order valence-corrected chi connectivity index (χ3v) is 6.84. The summed E-state index contributed by atoms with van der Waals surface area (Å²) in [4.78, 5) is 32.4. The lowest BCUT2D eigenvalue weighted by molar-refractivity contribution is -0.129. The van der Waals surface area contributed by atoms with Crippen molar-refractivity contribution >= 4 is 51.7 Å². The predicted octanol–water partition coefficient (Wildman–Crippen LogP) is 5.66. The number of rotatable bonds is 7. The number of para-hydroxylation sites is 1. The summed E-state index contributed by atoms with van der Waals surface area (Å²) in [5.74, 6) is -0.216. The second-order valence-corrected chi connectivity index (χ2v) is 9.43.